The van der Waals surface area contributed by atoms with Gasteiger partial charge in [0.15, 0.2) is 10.8 Å². The van der Waals surface area contributed by atoms with Gasteiger partial charge in [0.25, 0.3) is 5.91 Å². The van der Waals surface area contributed by atoms with Gasteiger partial charge in [0.1, 0.15) is 23.2 Å². The lowest BCUT2D eigenvalue weighted by Crippen LogP contribution is -2.35. The average molecular weight is 565 g/mol. The highest BCUT2D eigenvalue weighted by atomic mass is 35.5. The van der Waals surface area contributed by atoms with E-state index in [0.717, 1.165) is 36.8 Å². The molecule has 1 fully saturated rings. The van der Waals surface area contributed by atoms with Gasteiger partial charge in [0.2, 0.25) is 5.91 Å². The summed E-state index contributed by atoms with van der Waals surface area (Å²) in [5.41, 5.74) is 1.97. The predicted octanol–water partition coefficient (Wildman–Crippen LogP) is 4.95. The number of hydrogen-bond acceptors (Lipinski definition) is 8. The Morgan fingerprint density at radius 1 is 1.15 bits per heavy atom. The Labute approximate surface area is 233 Å². The van der Waals surface area contributed by atoms with E-state index in [1.54, 1.807) is 35.7 Å². The Bertz CT molecular complexity index is 1570. The van der Waals surface area contributed by atoms with Crippen LogP contribution >= 0.6 is 23.7 Å². The van der Waals surface area contributed by atoms with E-state index >= 15 is 0 Å². The van der Waals surface area contributed by atoms with Crippen molar-refractivity contribution in [2.24, 2.45) is 0 Å². The molecule has 1 aliphatic rings. The fraction of sp³-hybridized carbons (Fsp3) is 0.148. The summed E-state index contributed by atoms with van der Waals surface area (Å²) in [5, 5.41) is 31.0. The molecular formula is C27H22ClFN6O3S. The van der Waals surface area contributed by atoms with E-state index in [1.165, 1.54) is 18.3 Å². The Balaban J connectivity index is 0.00000353. The molecule has 5 rings (SSSR count). The summed E-state index contributed by atoms with van der Waals surface area (Å²) in [5.74, 6) is -1.73. The summed E-state index contributed by atoms with van der Waals surface area (Å²) in [7, 11) is 0. The van der Waals surface area contributed by atoms with Gasteiger partial charge >= 0.3 is 0 Å². The average Bonchev–Trinajstić information content (AvgIpc) is 3.64. The molecular weight excluding hydrogens is 543 g/mol. The van der Waals surface area contributed by atoms with Crippen LogP contribution in [0.15, 0.2) is 60.1 Å². The van der Waals surface area contributed by atoms with Crippen molar-refractivity contribution in [3.05, 3.63) is 76.5 Å². The second kappa shape index (κ2) is 12.0. The summed E-state index contributed by atoms with van der Waals surface area (Å²) >= 11 is 1.13. The highest BCUT2D eigenvalue weighted by Gasteiger charge is 2.23. The number of anilines is 2. The number of thiazole rings is 1. The number of amides is 2. The maximum Gasteiger partial charge on any atom is 0.285 e. The number of rotatable bonds is 6. The molecule has 1 atom stereocenters. The van der Waals surface area contributed by atoms with Gasteiger partial charge in [0.05, 0.1) is 11.7 Å². The molecule has 1 aliphatic heterocycles. The summed E-state index contributed by atoms with van der Waals surface area (Å²) in [6.07, 6.45) is 3.16. The first-order valence-corrected chi connectivity index (χ1v) is 12.6. The molecule has 9 nitrogen and oxygen atoms in total. The number of hydrogen-bond donors (Lipinski definition) is 4. The van der Waals surface area contributed by atoms with Crippen LogP contribution in [0.1, 0.15) is 28.2 Å². The molecule has 1 saturated heterocycles. The van der Waals surface area contributed by atoms with Gasteiger partial charge < -0.3 is 21.1 Å². The first kappa shape index (κ1) is 27.7. The normalized spacial score (nSPS) is 14.2. The van der Waals surface area contributed by atoms with Crippen molar-refractivity contribution in [3.63, 3.8) is 0 Å². The van der Waals surface area contributed by atoms with E-state index in [4.69, 9.17) is 0 Å². The van der Waals surface area contributed by atoms with E-state index < -0.39 is 11.7 Å². The Hall–Kier alpha value is -4.37. The maximum atomic E-state index is 13.7. The van der Waals surface area contributed by atoms with Gasteiger partial charge in [-0.1, -0.05) is 12.1 Å². The molecule has 198 valence electrons. The van der Waals surface area contributed by atoms with Gasteiger partial charge in [-0.15, -0.1) is 23.7 Å². The third-order valence-corrected chi connectivity index (χ3v) is 6.82. The minimum absolute atomic E-state index is 0. The highest BCUT2D eigenvalue weighted by molar-refractivity contribution is 7.11. The van der Waals surface area contributed by atoms with Crippen LogP contribution in [0.2, 0.25) is 0 Å². The number of aromatic hydroxyl groups is 1. The van der Waals surface area contributed by atoms with Crippen molar-refractivity contribution >= 4 is 47.1 Å². The number of nitrogens with zero attached hydrogens (tertiary/aromatic N) is 3. The van der Waals surface area contributed by atoms with E-state index in [9.17, 15) is 24.3 Å². The summed E-state index contributed by atoms with van der Waals surface area (Å²) in [6, 6.07) is 13.8. The quantitative estimate of drug-likeness (QED) is 0.260. The molecule has 0 saturated carbocycles. The predicted molar refractivity (Wildman–Crippen MR) is 148 cm³/mol. The number of nitriles is 1. The molecule has 2 aromatic carbocycles. The number of phenols is 1. The number of carbonyl (C=O) groups excluding carboxylic acids is 2. The summed E-state index contributed by atoms with van der Waals surface area (Å²) in [6.45, 7) is 0.787. The molecule has 3 heterocycles. The Morgan fingerprint density at radius 3 is 2.69 bits per heavy atom. The van der Waals surface area contributed by atoms with Crippen molar-refractivity contribution in [3.8, 4) is 34.2 Å². The lowest BCUT2D eigenvalue weighted by atomic mass is 9.97. The van der Waals surface area contributed by atoms with Crippen LogP contribution < -0.4 is 16.0 Å². The van der Waals surface area contributed by atoms with Crippen LogP contribution in [0.25, 0.3) is 22.4 Å². The minimum atomic E-state index is -0.627. The summed E-state index contributed by atoms with van der Waals surface area (Å²) < 4.78 is 13.7. The first-order chi connectivity index (χ1) is 18.4. The fourth-order valence-corrected chi connectivity index (χ4v) is 4.76. The number of aromatic nitrogens is 2. The maximum absolute atomic E-state index is 13.7. The molecule has 0 aliphatic carbocycles. The monoisotopic (exact) mass is 564 g/mol. The smallest absolute Gasteiger partial charge is 0.285 e. The molecule has 0 radical (unpaired) electrons. The SMILES string of the molecule is Cl.N#Cc1c(-c2cccc(NC(=O)[C@H]3CCCN3)c2)cc(-c2ccc(F)cc2O)nc1NC(=O)c1nccs1. The van der Waals surface area contributed by atoms with Crippen molar-refractivity contribution in [2.45, 2.75) is 18.9 Å². The molecule has 12 heteroatoms. The van der Waals surface area contributed by atoms with Gasteiger partial charge in [-0.2, -0.15) is 5.26 Å². The second-order valence-corrected chi connectivity index (χ2v) is 9.46. The van der Waals surface area contributed by atoms with Crippen LogP contribution in [0, 0.1) is 17.1 Å². The van der Waals surface area contributed by atoms with Gasteiger partial charge in [-0.05, 0) is 55.3 Å². The molecule has 0 spiro atoms. The number of benzene rings is 2. The van der Waals surface area contributed by atoms with Gasteiger partial charge in [-0.25, -0.2) is 14.4 Å². The van der Waals surface area contributed by atoms with Crippen LogP contribution in [-0.2, 0) is 4.79 Å². The van der Waals surface area contributed by atoms with Crippen LogP contribution in [-0.4, -0.2) is 39.5 Å². The third-order valence-electron chi connectivity index (χ3n) is 6.04. The van der Waals surface area contributed by atoms with E-state index in [-0.39, 0.29) is 57.8 Å². The fourth-order valence-electron chi connectivity index (χ4n) is 4.23. The van der Waals surface area contributed by atoms with Crippen molar-refractivity contribution in [1.29, 1.82) is 5.26 Å². The number of halogens is 2. The zero-order valence-corrected chi connectivity index (χ0v) is 21.9. The van der Waals surface area contributed by atoms with Gasteiger partial charge in [-0.3, -0.25) is 9.59 Å². The van der Waals surface area contributed by atoms with Crippen LogP contribution in [0.4, 0.5) is 15.9 Å². The highest BCUT2D eigenvalue weighted by Crippen LogP contribution is 2.36. The van der Waals surface area contributed by atoms with Crippen molar-refractivity contribution < 1.29 is 19.1 Å². The lowest BCUT2D eigenvalue weighted by molar-refractivity contribution is -0.117. The lowest BCUT2D eigenvalue weighted by Gasteiger charge is -2.15. The van der Waals surface area contributed by atoms with Crippen LogP contribution in [0.5, 0.6) is 5.75 Å². The Morgan fingerprint density at radius 2 is 2.00 bits per heavy atom. The summed E-state index contributed by atoms with van der Waals surface area (Å²) in [4.78, 5) is 33.8. The number of carbonyl (C=O) groups is 2. The third kappa shape index (κ3) is 6.04. The molecule has 0 bridgehead atoms. The number of pyridine rings is 1. The molecule has 2 aromatic heterocycles. The van der Waals surface area contributed by atoms with E-state index in [0.29, 0.717) is 16.8 Å². The molecule has 2 amide bonds. The van der Waals surface area contributed by atoms with Gasteiger partial charge in [0, 0.05) is 34.5 Å². The largest absolute Gasteiger partial charge is 0.507 e. The first-order valence-electron chi connectivity index (χ1n) is 11.7. The van der Waals surface area contributed by atoms with Crippen molar-refractivity contribution in [1.82, 2.24) is 15.3 Å². The molecule has 0 unspecified atom stereocenters. The van der Waals surface area contributed by atoms with E-state index in [1.807, 2.05) is 0 Å². The second-order valence-electron chi connectivity index (χ2n) is 8.56. The zero-order chi connectivity index (χ0) is 26.6. The standard InChI is InChI=1S/C27H21FN6O3S.ClH/c28-16-6-7-18(23(35)12-16)22-13-19(20(14-29)24(33-22)34-26(37)27-31-9-10-38-27)15-3-1-4-17(11-15)32-25(36)21-5-2-8-30-21;/h1,3-4,6-7,9-13,21,30,35H,2,5,8H2,(H,32,36)(H,33,34,37);1H/t21-;/m1./s1. The Kier molecular flexibility index (Phi) is 8.51. The zero-order valence-electron chi connectivity index (χ0n) is 20.3. The number of phenolic OH excluding ortho intramolecular Hbond substituents is 1. The topological polar surface area (TPSA) is 140 Å². The minimum Gasteiger partial charge on any atom is -0.507 e. The van der Waals surface area contributed by atoms with E-state index in [2.05, 4.69) is 32.0 Å². The molecule has 39 heavy (non-hydrogen) atoms. The van der Waals surface area contributed by atoms with Crippen molar-refractivity contribution in [2.75, 3.05) is 17.2 Å². The van der Waals surface area contributed by atoms with Crippen LogP contribution in [0.3, 0.4) is 0 Å². The molecule has 4 aromatic rings. The molecule has 4 N–H and O–H groups in total. The number of nitrogens with one attached hydrogen (secondary N) is 3.